The molecule has 6 nitrogen and oxygen atoms in total. The van der Waals surface area contributed by atoms with E-state index < -0.39 is 5.60 Å². The number of β-amino-alcohol motifs (C(OH)–C–C–N with tert-alkyl or cyclic N) is 1. The van der Waals surface area contributed by atoms with Gasteiger partial charge in [-0.15, -0.1) is 0 Å². The van der Waals surface area contributed by atoms with E-state index in [1.54, 1.807) is 14.1 Å². The van der Waals surface area contributed by atoms with Crippen LogP contribution in [0.2, 0.25) is 0 Å². The van der Waals surface area contributed by atoms with Crippen molar-refractivity contribution in [1.29, 1.82) is 0 Å². The highest BCUT2D eigenvalue weighted by Gasteiger charge is 2.36. The van der Waals surface area contributed by atoms with Crippen molar-refractivity contribution in [3.63, 3.8) is 0 Å². The molecule has 1 aliphatic rings. The number of fused-ring (bicyclic) bond motifs is 1. The van der Waals surface area contributed by atoms with Crippen LogP contribution < -0.4 is 0 Å². The number of nitrogens with zero attached hydrogens (tertiary/aromatic N) is 4. The van der Waals surface area contributed by atoms with Crippen LogP contribution in [0.5, 0.6) is 0 Å². The molecule has 1 N–H and O–H groups in total. The second-order valence-electron chi connectivity index (χ2n) is 7.25. The Morgan fingerprint density at radius 1 is 1.28 bits per heavy atom. The number of piperidine rings is 1. The normalized spacial score (nSPS) is 21.4. The Hall–Kier alpha value is -2.05. The molecular formula is C19H26N4O2. The van der Waals surface area contributed by atoms with Crippen molar-refractivity contribution in [3.8, 4) is 0 Å². The Kier molecular flexibility index (Phi) is 5.01. The van der Waals surface area contributed by atoms with Crippen molar-refractivity contribution >= 4 is 16.9 Å². The van der Waals surface area contributed by atoms with E-state index in [0.717, 1.165) is 35.4 Å². The Morgan fingerprint density at radius 3 is 2.64 bits per heavy atom. The van der Waals surface area contributed by atoms with Crippen LogP contribution in [0.3, 0.4) is 0 Å². The van der Waals surface area contributed by atoms with Gasteiger partial charge in [-0.1, -0.05) is 12.1 Å². The first-order chi connectivity index (χ1) is 11.9. The lowest BCUT2D eigenvalue weighted by Gasteiger charge is -2.39. The molecule has 1 saturated heterocycles. The summed E-state index contributed by atoms with van der Waals surface area (Å²) in [7, 11) is 3.45. The zero-order chi connectivity index (χ0) is 18.0. The van der Waals surface area contributed by atoms with Crippen molar-refractivity contribution in [2.45, 2.75) is 38.3 Å². The Bertz CT molecular complexity index is 777. The highest BCUT2D eigenvalue weighted by atomic mass is 16.3. The van der Waals surface area contributed by atoms with Gasteiger partial charge in [0.05, 0.1) is 34.4 Å². The van der Waals surface area contributed by atoms with E-state index in [9.17, 15) is 9.90 Å². The summed E-state index contributed by atoms with van der Waals surface area (Å²) in [6, 6.07) is 7.85. The van der Waals surface area contributed by atoms with Crippen molar-refractivity contribution < 1.29 is 9.90 Å². The SMILES string of the molecule is Cc1nc2ccccc2nc1CN1CCCC(O)(CC(=O)N(C)C)C1. The minimum atomic E-state index is -0.961. The summed E-state index contributed by atoms with van der Waals surface area (Å²) < 4.78 is 0. The number of amides is 1. The Balaban J connectivity index is 1.74. The van der Waals surface area contributed by atoms with Gasteiger partial charge in [-0.3, -0.25) is 9.69 Å². The first-order valence-electron chi connectivity index (χ1n) is 8.73. The average molecular weight is 342 g/mol. The van der Waals surface area contributed by atoms with Crippen molar-refractivity contribution in [2.75, 3.05) is 27.2 Å². The van der Waals surface area contributed by atoms with Crippen LogP contribution in [0, 0.1) is 6.92 Å². The number of hydrogen-bond donors (Lipinski definition) is 1. The monoisotopic (exact) mass is 342 g/mol. The molecule has 0 saturated carbocycles. The number of aliphatic hydroxyl groups is 1. The van der Waals surface area contributed by atoms with Crippen molar-refractivity contribution in [2.24, 2.45) is 0 Å². The summed E-state index contributed by atoms with van der Waals surface area (Å²) in [4.78, 5) is 25.1. The quantitative estimate of drug-likeness (QED) is 0.917. The predicted octanol–water partition coefficient (Wildman–Crippen LogP) is 1.74. The van der Waals surface area contributed by atoms with E-state index in [-0.39, 0.29) is 12.3 Å². The molecule has 1 aromatic heterocycles. The smallest absolute Gasteiger partial charge is 0.224 e. The van der Waals surface area contributed by atoms with Crippen LogP contribution in [-0.4, -0.2) is 63.6 Å². The molecule has 25 heavy (non-hydrogen) atoms. The lowest BCUT2D eigenvalue weighted by Crippen LogP contribution is -2.50. The number of rotatable bonds is 4. The van der Waals surface area contributed by atoms with E-state index in [1.165, 1.54) is 4.90 Å². The number of likely N-dealkylation sites (tertiary alicyclic amines) is 1. The Labute approximate surface area is 148 Å². The fourth-order valence-electron chi connectivity index (χ4n) is 3.41. The molecule has 1 aliphatic heterocycles. The van der Waals surface area contributed by atoms with Gasteiger partial charge in [0.25, 0.3) is 0 Å². The van der Waals surface area contributed by atoms with Gasteiger partial charge in [0.1, 0.15) is 0 Å². The molecule has 1 fully saturated rings. The number of para-hydroxylation sites is 2. The molecule has 0 spiro atoms. The third-order valence-corrected chi connectivity index (χ3v) is 4.83. The Morgan fingerprint density at radius 2 is 1.96 bits per heavy atom. The topological polar surface area (TPSA) is 69.6 Å². The first-order valence-corrected chi connectivity index (χ1v) is 8.73. The maximum Gasteiger partial charge on any atom is 0.224 e. The molecule has 1 unspecified atom stereocenters. The minimum absolute atomic E-state index is 0.0361. The fourth-order valence-corrected chi connectivity index (χ4v) is 3.41. The lowest BCUT2D eigenvalue weighted by atomic mass is 9.89. The summed E-state index contributed by atoms with van der Waals surface area (Å²) >= 11 is 0. The van der Waals surface area contributed by atoms with Crippen LogP contribution in [-0.2, 0) is 11.3 Å². The van der Waals surface area contributed by atoms with Crippen LogP contribution in [0.25, 0.3) is 11.0 Å². The molecular weight excluding hydrogens is 316 g/mol. The standard InChI is InChI=1S/C19H26N4O2/c1-14-17(21-16-8-5-4-7-15(16)20-14)12-23-10-6-9-19(25,13-23)11-18(24)22(2)3/h4-5,7-8,25H,6,9-13H2,1-3H3. The van der Waals surface area contributed by atoms with Gasteiger partial charge >= 0.3 is 0 Å². The number of hydrogen-bond acceptors (Lipinski definition) is 5. The van der Waals surface area contributed by atoms with Gasteiger partial charge in [0.15, 0.2) is 0 Å². The van der Waals surface area contributed by atoms with Crippen LogP contribution in [0.1, 0.15) is 30.7 Å². The van der Waals surface area contributed by atoms with E-state index in [0.29, 0.717) is 19.5 Å². The molecule has 0 radical (unpaired) electrons. The minimum Gasteiger partial charge on any atom is -0.388 e. The van der Waals surface area contributed by atoms with Gasteiger partial charge in [-0.05, 0) is 38.4 Å². The number of benzene rings is 1. The molecule has 6 heteroatoms. The maximum absolute atomic E-state index is 12.0. The summed E-state index contributed by atoms with van der Waals surface area (Å²) in [5.41, 5.74) is 2.67. The molecule has 1 aromatic carbocycles. The second-order valence-corrected chi connectivity index (χ2v) is 7.25. The number of carbonyl (C=O) groups excluding carboxylic acids is 1. The molecule has 1 atom stereocenters. The highest BCUT2D eigenvalue weighted by molar-refractivity contribution is 5.76. The zero-order valence-corrected chi connectivity index (χ0v) is 15.2. The number of aryl methyl sites for hydroxylation is 1. The maximum atomic E-state index is 12.0. The van der Waals surface area contributed by atoms with Gasteiger partial charge < -0.3 is 10.0 Å². The highest BCUT2D eigenvalue weighted by Crippen LogP contribution is 2.26. The van der Waals surface area contributed by atoms with Crippen LogP contribution >= 0.6 is 0 Å². The fraction of sp³-hybridized carbons (Fsp3) is 0.526. The molecule has 2 aromatic rings. The van der Waals surface area contributed by atoms with Gasteiger partial charge in [0.2, 0.25) is 5.91 Å². The van der Waals surface area contributed by atoms with E-state index in [1.807, 2.05) is 31.2 Å². The summed E-state index contributed by atoms with van der Waals surface area (Å²) in [6.07, 6.45) is 1.70. The van der Waals surface area contributed by atoms with Gasteiger partial charge in [-0.2, -0.15) is 0 Å². The van der Waals surface area contributed by atoms with Crippen LogP contribution in [0.15, 0.2) is 24.3 Å². The summed E-state index contributed by atoms with van der Waals surface area (Å²) in [5, 5.41) is 10.9. The molecule has 134 valence electrons. The molecule has 1 amide bonds. The molecule has 0 bridgehead atoms. The van der Waals surface area contributed by atoms with Crippen molar-refractivity contribution in [1.82, 2.24) is 19.8 Å². The molecule has 0 aliphatic carbocycles. The largest absolute Gasteiger partial charge is 0.388 e. The third-order valence-electron chi connectivity index (χ3n) is 4.83. The van der Waals surface area contributed by atoms with Crippen LogP contribution in [0.4, 0.5) is 0 Å². The second kappa shape index (κ2) is 7.06. The van der Waals surface area contributed by atoms with Gasteiger partial charge in [-0.25, -0.2) is 9.97 Å². The average Bonchev–Trinajstić information content (AvgIpc) is 2.55. The van der Waals surface area contributed by atoms with Gasteiger partial charge in [0, 0.05) is 27.2 Å². The van der Waals surface area contributed by atoms with E-state index in [4.69, 9.17) is 4.98 Å². The number of aromatic nitrogens is 2. The zero-order valence-electron chi connectivity index (χ0n) is 15.2. The predicted molar refractivity (Wildman–Crippen MR) is 97.0 cm³/mol. The summed E-state index contributed by atoms with van der Waals surface area (Å²) in [5.74, 6) is -0.0361. The number of carbonyl (C=O) groups is 1. The molecule has 3 rings (SSSR count). The van der Waals surface area contributed by atoms with Crippen molar-refractivity contribution in [3.05, 3.63) is 35.7 Å². The molecule has 2 heterocycles. The first kappa shape index (κ1) is 17.8. The lowest BCUT2D eigenvalue weighted by molar-refractivity contribution is -0.136. The van der Waals surface area contributed by atoms with E-state index >= 15 is 0 Å². The van der Waals surface area contributed by atoms with E-state index in [2.05, 4.69) is 9.88 Å². The summed E-state index contributed by atoms with van der Waals surface area (Å²) in [6.45, 7) is 4.00. The third kappa shape index (κ3) is 4.14.